The van der Waals surface area contributed by atoms with Crippen molar-refractivity contribution in [1.82, 2.24) is 20.1 Å². The van der Waals surface area contributed by atoms with Crippen LogP contribution in [-0.4, -0.2) is 38.8 Å². The highest BCUT2D eigenvalue weighted by Crippen LogP contribution is 2.15. The number of halogens is 1. The molecule has 0 unspecified atom stereocenters. The first-order valence-electron chi connectivity index (χ1n) is 8.37. The van der Waals surface area contributed by atoms with Gasteiger partial charge in [-0.3, -0.25) is 9.89 Å². The zero-order valence-corrected chi connectivity index (χ0v) is 15.6. The topological polar surface area (TPSA) is 61.9 Å². The van der Waals surface area contributed by atoms with Gasteiger partial charge in [-0.05, 0) is 17.7 Å². The molecule has 1 N–H and O–H groups in total. The number of hydrogen-bond acceptors (Lipinski definition) is 4. The van der Waals surface area contributed by atoms with Gasteiger partial charge in [-0.1, -0.05) is 66.4 Å². The predicted molar refractivity (Wildman–Crippen MR) is 105 cm³/mol. The quantitative estimate of drug-likeness (QED) is 0.630. The lowest BCUT2D eigenvalue weighted by Gasteiger charge is -2.17. The highest BCUT2D eigenvalue weighted by atomic mass is 32.2. The second-order valence-corrected chi connectivity index (χ2v) is 6.82. The van der Waals surface area contributed by atoms with E-state index < -0.39 is 0 Å². The minimum Gasteiger partial charge on any atom is -0.341 e. The van der Waals surface area contributed by atoms with Crippen LogP contribution in [0.25, 0.3) is 12.2 Å². The molecule has 0 aliphatic rings. The summed E-state index contributed by atoms with van der Waals surface area (Å²) >= 11 is 1.24. The molecule has 1 aromatic heterocycles. The molecular weight excluding hydrogens is 363 g/mol. The van der Waals surface area contributed by atoms with Crippen molar-refractivity contribution in [3.05, 3.63) is 77.4 Å². The van der Waals surface area contributed by atoms with Gasteiger partial charge in [0.05, 0.1) is 5.75 Å². The molecular formula is C20H19FN4OS. The molecule has 5 nitrogen and oxygen atoms in total. The van der Waals surface area contributed by atoms with Gasteiger partial charge in [0.15, 0.2) is 0 Å². The summed E-state index contributed by atoms with van der Waals surface area (Å²) in [5.41, 5.74) is 1.55. The maximum Gasteiger partial charge on any atom is 0.233 e. The highest BCUT2D eigenvalue weighted by Gasteiger charge is 2.13. The number of amides is 1. The van der Waals surface area contributed by atoms with Crippen LogP contribution < -0.4 is 0 Å². The third-order valence-corrected chi connectivity index (χ3v) is 4.66. The van der Waals surface area contributed by atoms with Gasteiger partial charge in [0.1, 0.15) is 11.6 Å². The second kappa shape index (κ2) is 9.14. The van der Waals surface area contributed by atoms with E-state index in [1.165, 1.54) is 22.7 Å². The fourth-order valence-corrected chi connectivity index (χ4v) is 3.09. The number of nitrogens with zero attached hydrogens (tertiary/aromatic N) is 3. The summed E-state index contributed by atoms with van der Waals surface area (Å²) in [4.78, 5) is 18.1. The minimum absolute atomic E-state index is 0.116. The molecule has 1 heterocycles. The molecule has 1 amide bonds. The summed E-state index contributed by atoms with van der Waals surface area (Å²) in [6.45, 7) is 0.227. The lowest BCUT2D eigenvalue weighted by molar-refractivity contribution is -0.127. The SMILES string of the molecule is CN(Cc1ccccc1F)C(=O)CSc1n[nH]c(/C=C/c2ccccc2)n1. The van der Waals surface area contributed by atoms with Gasteiger partial charge in [0, 0.05) is 19.2 Å². The van der Waals surface area contributed by atoms with Crippen molar-refractivity contribution in [3.8, 4) is 0 Å². The molecule has 2 aromatic carbocycles. The monoisotopic (exact) mass is 382 g/mol. The van der Waals surface area contributed by atoms with Gasteiger partial charge in [0.2, 0.25) is 11.1 Å². The van der Waals surface area contributed by atoms with E-state index in [9.17, 15) is 9.18 Å². The molecule has 3 rings (SSSR count). The molecule has 0 radical (unpaired) electrons. The summed E-state index contributed by atoms with van der Waals surface area (Å²) in [7, 11) is 1.65. The molecule has 7 heteroatoms. The Labute approximate surface area is 161 Å². The van der Waals surface area contributed by atoms with Crippen LogP contribution in [0.1, 0.15) is 17.0 Å². The second-order valence-electron chi connectivity index (χ2n) is 5.88. The molecule has 0 aliphatic heterocycles. The Balaban J connectivity index is 1.51. The first kappa shape index (κ1) is 18.8. The smallest absolute Gasteiger partial charge is 0.233 e. The fraction of sp³-hybridized carbons (Fsp3) is 0.150. The lowest BCUT2D eigenvalue weighted by Crippen LogP contribution is -2.28. The van der Waals surface area contributed by atoms with Crippen LogP contribution >= 0.6 is 11.8 Å². The van der Waals surface area contributed by atoms with Crippen LogP contribution in [0.4, 0.5) is 4.39 Å². The molecule has 0 bridgehead atoms. The first-order valence-corrected chi connectivity index (χ1v) is 9.36. The van der Waals surface area contributed by atoms with Crippen LogP contribution in [0.2, 0.25) is 0 Å². The predicted octanol–water partition coefficient (Wildman–Crippen LogP) is 3.86. The van der Waals surface area contributed by atoms with E-state index in [1.807, 2.05) is 42.5 Å². The van der Waals surface area contributed by atoms with E-state index in [0.29, 0.717) is 16.5 Å². The van der Waals surface area contributed by atoms with Crippen LogP contribution in [-0.2, 0) is 11.3 Å². The number of nitrogens with one attached hydrogen (secondary N) is 1. The Bertz CT molecular complexity index is 926. The van der Waals surface area contributed by atoms with Crippen molar-refractivity contribution in [3.63, 3.8) is 0 Å². The molecule has 138 valence electrons. The molecule has 0 fully saturated rings. The van der Waals surface area contributed by atoms with E-state index >= 15 is 0 Å². The van der Waals surface area contributed by atoms with Crippen molar-refractivity contribution in [2.45, 2.75) is 11.7 Å². The van der Waals surface area contributed by atoms with Gasteiger partial charge >= 0.3 is 0 Å². The first-order chi connectivity index (χ1) is 13.1. The zero-order chi connectivity index (χ0) is 19.1. The Morgan fingerprint density at radius 3 is 2.67 bits per heavy atom. The van der Waals surface area contributed by atoms with Crippen LogP contribution in [0, 0.1) is 5.82 Å². The van der Waals surface area contributed by atoms with Crippen molar-refractivity contribution in [2.75, 3.05) is 12.8 Å². The number of carbonyl (C=O) groups is 1. The van der Waals surface area contributed by atoms with Crippen molar-refractivity contribution < 1.29 is 9.18 Å². The van der Waals surface area contributed by atoms with E-state index in [0.717, 1.165) is 5.56 Å². The van der Waals surface area contributed by atoms with E-state index in [-0.39, 0.29) is 24.0 Å². The van der Waals surface area contributed by atoms with Crippen LogP contribution in [0.15, 0.2) is 59.8 Å². The fourth-order valence-electron chi connectivity index (χ4n) is 2.34. The van der Waals surface area contributed by atoms with E-state index in [4.69, 9.17) is 0 Å². The summed E-state index contributed by atoms with van der Waals surface area (Å²) in [6, 6.07) is 16.3. The summed E-state index contributed by atoms with van der Waals surface area (Å²) in [5, 5.41) is 7.43. The van der Waals surface area contributed by atoms with Crippen LogP contribution in [0.5, 0.6) is 0 Å². The maximum atomic E-state index is 13.7. The van der Waals surface area contributed by atoms with Gasteiger partial charge in [-0.2, -0.15) is 0 Å². The van der Waals surface area contributed by atoms with Crippen molar-refractivity contribution in [1.29, 1.82) is 0 Å². The Hall–Kier alpha value is -2.93. The Morgan fingerprint density at radius 2 is 1.89 bits per heavy atom. The van der Waals surface area contributed by atoms with Crippen LogP contribution in [0.3, 0.4) is 0 Å². The summed E-state index contributed by atoms with van der Waals surface area (Å²) in [6.07, 6.45) is 3.76. The van der Waals surface area contributed by atoms with Gasteiger partial charge in [-0.15, -0.1) is 5.10 Å². The number of aromatic nitrogens is 3. The number of rotatable bonds is 7. The third-order valence-electron chi connectivity index (χ3n) is 3.83. The van der Waals surface area contributed by atoms with Crippen molar-refractivity contribution >= 4 is 29.8 Å². The largest absolute Gasteiger partial charge is 0.341 e. The lowest BCUT2D eigenvalue weighted by atomic mass is 10.2. The maximum absolute atomic E-state index is 13.7. The average Bonchev–Trinajstić information content (AvgIpc) is 3.15. The Kier molecular flexibility index (Phi) is 6.38. The highest BCUT2D eigenvalue weighted by molar-refractivity contribution is 7.99. The number of H-pyrrole nitrogens is 1. The van der Waals surface area contributed by atoms with Crippen molar-refractivity contribution in [2.24, 2.45) is 0 Å². The molecule has 0 spiro atoms. The summed E-state index contributed by atoms with van der Waals surface area (Å²) < 4.78 is 13.7. The number of benzene rings is 2. The normalized spacial score (nSPS) is 11.0. The standard InChI is InChI=1S/C20H19FN4OS/c1-25(13-16-9-5-6-10-17(16)21)19(26)14-27-20-22-18(23-24-20)12-11-15-7-3-2-4-8-15/h2-12H,13-14H2,1H3,(H,22,23,24)/b12-11+. The Morgan fingerprint density at radius 1 is 1.15 bits per heavy atom. The number of hydrogen-bond donors (Lipinski definition) is 1. The molecule has 3 aromatic rings. The number of thioether (sulfide) groups is 1. The minimum atomic E-state index is -0.311. The number of aromatic amines is 1. The van der Waals surface area contributed by atoms with E-state index in [1.54, 1.807) is 25.2 Å². The molecule has 0 saturated carbocycles. The molecule has 0 aliphatic carbocycles. The van der Waals surface area contributed by atoms with E-state index in [2.05, 4.69) is 15.2 Å². The molecule has 27 heavy (non-hydrogen) atoms. The number of carbonyl (C=O) groups excluding carboxylic acids is 1. The van der Waals surface area contributed by atoms with Gasteiger partial charge in [0.25, 0.3) is 0 Å². The third kappa shape index (κ3) is 5.52. The van der Waals surface area contributed by atoms with Gasteiger partial charge < -0.3 is 4.90 Å². The average molecular weight is 382 g/mol. The zero-order valence-electron chi connectivity index (χ0n) is 14.8. The molecule has 0 saturated heterocycles. The van der Waals surface area contributed by atoms with Gasteiger partial charge in [-0.25, -0.2) is 9.37 Å². The molecule has 0 atom stereocenters. The summed E-state index contributed by atoms with van der Waals surface area (Å²) in [5.74, 6) is 0.376.